The number of aliphatic hydroxyl groups excluding tert-OH is 1. The molecule has 0 fully saturated rings. The van der Waals surface area contributed by atoms with E-state index in [4.69, 9.17) is 9.47 Å². The number of fused-ring (bicyclic) bond motifs is 6. The molecule has 7 aromatic carbocycles. The summed E-state index contributed by atoms with van der Waals surface area (Å²) in [4.78, 5) is 13.8. The molecular formula is C56H38O12. The van der Waals surface area contributed by atoms with Gasteiger partial charge in [0.25, 0.3) is 0 Å². The molecule has 0 spiro atoms. The van der Waals surface area contributed by atoms with Crippen molar-refractivity contribution in [1.82, 2.24) is 0 Å². The van der Waals surface area contributed by atoms with Crippen molar-refractivity contribution in [3.8, 4) is 68.6 Å². The molecule has 12 heteroatoms. The number of ketones is 1. The molecule has 0 bridgehead atoms. The molecule has 0 radical (unpaired) electrons. The third-order valence-corrected chi connectivity index (χ3v) is 14.8. The number of carbonyl (C=O) groups is 1. The van der Waals surface area contributed by atoms with Gasteiger partial charge in [0.1, 0.15) is 75.5 Å². The van der Waals surface area contributed by atoms with Crippen LogP contribution >= 0.6 is 0 Å². The summed E-state index contributed by atoms with van der Waals surface area (Å²) in [5.41, 5.74) is 7.27. The largest absolute Gasteiger partial charge is 0.508 e. The van der Waals surface area contributed by atoms with E-state index < -0.39 is 47.6 Å². The Bertz CT molecular complexity index is 3480. The Kier molecular flexibility index (Phi) is 8.08. The van der Waals surface area contributed by atoms with Gasteiger partial charge in [0, 0.05) is 75.4 Å². The number of aliphatic hydroxyl groups is 1. The lowest BCUT2D eigenvalue weighted by Crippen LogP contribution is -2.27. The first-order valence-electron chi connectivity index (χ1n) is 22.1. The standard InChI is InChI=1S/C56H38O12/c57-27-9-1-23(2-10-27)41-43-33(17-31(61)19-35(43)63)45-49-39(67-55(45)25-5-13-29(59)14-6-25)21-37(65)47-48-38(66)22-40-50-46(56(68-40)26-7-15-30(60)16-8-26)34-18-32(62)20-36(64)44(34)42(24-3-11-28(58)12-4-24)52(54(48)50)51(41)53(47)49/h1-22,41,45-46,51-52,55-61,63-66H. The maximum Gasteiger partial charge on any atom is 0.182 e. The Balaban J connectivity index is 1.24. The average molecular weight is 903 g/mol. The third kappa shape index (κ3) is 5.39. The summed E-state index contributed by atoms with van der Waals surface area (Å²) in [7, 11) is 0. The lowest BCUT2D eigenvalue weighted by molar-refractivity contribution is -0.110. The van der Waals surface area contributed by atoms with Gasteiger partial charge >= 0.3 is 0 Å². The summed E-state index contributed by atoms with van der Waals surface area (Å²) in [6, 6.07) is 31.9. The maximum absolute atomic E-state index is 13.8. The van der Waals surface area contributed by atoms with Crippen molar-refractivity contribution in [2.24, 2.45) is 0 Å². The predicted octanol–water partition coefficient (Wildman–Crippen LogP) is 10.2. The highest BCUT2D eigenvalue weighted by atomic mass is 16.5. The van der Waals surface area contributed by atoms with E-state index in [9.17, 15) is 50.8 Å². The van der Waals surface area contributed by atoms with Crippen molar-refractivity contribution in [2.45, 2.75) is 41.8 Å². The van der Waals surface area contributed by atoms with E-state index in [1.165, 1.54) is 60.7 Å². The zero-order valence-electron chi connectivity index (χ0n) is 35.5. The molecule has 13 rings (SSSR count). The topological polar surface area (TPSA) is 218 Å². The number of rotatable bonds is 4. The summed E-state index contributed by atoms with van der Waals surface area (Å²) < 4.78 is 13.8. The van der Waals surface area contributed by atoms with Crippen LogP contribution in [-0.4, -0.2) is 51.7 Å². The highest BCUT2D eigenvalue weighted by Crippen LogP contribution is 2.74. The zero-order valence-corrected chi connectivity index (χ0v) is 35.5. The fourth-order valence-electron chi connectivity index (χ4n) is 12.4. The Morgan fingerprint density at radius 2 is 0.912 bits per heavy atom. The second-order valence-electron chi connectivity index (χ2n) is 18.3. The minimum absolute atomic E-state index is 0.0168. The van der Waals surface area contributed by atoms with Gasteiger partial charge in [-0.25, -0.2) is 0 Å². The zero-order chi connectivity index (χ0) is 46.6. The number of carbonyl (C=O) groups excluding carboxylic acids is 1. The molecule has 7 aromatic rings. The van der Waals surface area contributed by atoms with E-state index in [1.807, 2.05) is 0 Å². The molecule has 6 aliphatic rings. The molecule has 9 N–H and O–H groups in total. The molecule has 0 saturated heterocycles. The highest BCUT2D eigenvalue weighted by molar-refractivity contribution is 6.06. The van der Waals surface area contributed by atoms with Crippen LogP contribution < -0.4 is 9.47 Å². The van der Waals surface area contributed by atoms with E-state index in [-0.39, 0.29) is 68.6 Å². The van der Waals surface area contributed by atoms with E-state index in [0.717, 1.165) is 6.08 Å². The molecule has 334 valence electrons. The number of allylic oxidation sites excluding steroid dienone is 4. The van der Waals surface area contributed by atoms with Gasteiger partial charge in [0.05, 0.1) is 11.8 Å². The van der Waals surface area contributed by atoms with Gasteiger partial charge in [-0.15, -0.1) is 0 Å². The van der Waals surface area contributed by atoms with Crippen LogP contribution in [0.25, 0.3) is 16.7 Å². The summed E-state index contributed by atoms with van der Waals surface area (Å²) in [6.45, 7) is 0. The molecule has 2 heterocycles. The SMILES string of the molecule is O=C1C=C(O)C2=C(c3ccc(O)cc3)C3c4c(c(O)cc5c4C(C2=C1)C(c1ccc(O)cc1)O5)-c1c(O)cc2c4c1C3C(c1ccc(O)cc1)c1c(O)cc(O)cc1C4C(c1ccc(O)cc1)O2. The third-order valence-electron chi connectivity index (χ3n) is 14.8. The number of ether oxygens (including phenoxy) is 2. The first-order chi connectivity index (χ1) is 32.8. The highest BCUT2D eigenvalue weighted by Gasteiger charge is 2.58. The normalized spacial score (nSPS) is 23.2. The van der Waals surface area contributed by atoms with Gasteiger partial charge in [-0.3, -0.25) is 4.79 Å². The molecule has 0 amide bonds. The average Bonchev–Trinajstić information content (AvgIpc) is 3.80. The van der Waals surface area contributed by atoms with Crippen LogP contribution in [0.3, 0.4) is 0 Å². The quantitative estimate of drug-likeness (QED) is 0.0806. The summed E-state index contributed by atoms with van der Waals surface area (Å²) in [5, 5.41) is 104. The van der Waals surface area contributed by atoms with Crippen LogP contribution in [0.1, 0.15) is 97.4 Å². The van der Waals surface area contributed by atoms with E-state index in [2.05, 4.69) is 0 Å². The molecule has 4 aliphatic carbocycles. The number of benzene rings is 7. The second kappa shape index (κ2) is 13.9. The molecule has 7 atom stereocenters. The monoisotopic (exact) mass is 902 g/mol. The Hall–Kier alpha value is -8.77. The first-order valence-corrected chi connectivity index (χ1v) is 22.1. The second-order valence-corrected chi connectivity index (χ2v) is 18.3. The first kappa shape index (κ1) is 39.6. The fraction of sp³-hybridized carbons (Fsp3) is 0.125. The molecule has 12 nitrogen and oxygen atoms in total. The lowest BCUT2D eigenvalue weighted by Gasteiger charge is -2.43. The van der Waals surface area contributed by atoms with Gasteiger partial charge < -0.3 is 55.4 Å². The number of hydrogen-bond donors (Lipinski definition) is 9. The minimum atomic E-state index is -0.963. The van der Waals surface area contributed by atoms with Crippen LogP contribution in [0, 0.1) is 0 Å². The van der Waals surface area contributed by atoms with Gasteiger partial charge in [-0.05, 0) is 111 Å². The fourth-order valence-corrected chi connectivity index (χ4v) is 12.4. The molecule has 68 heavy (non-hydrogen) atoms. The van der Waals surface area contributed by atoms with Crippen LogP contribution in [0.5, 0.6) is 57.5 Å². The van der Waals surface area contributed by atoms with Crippen molar-refractivity contribution < 1.29 is 60.2 Å². The Morgan fingerprint density at radius 1 is 0.412 bits per heavy atom. The van der Waals surface area contributed by atoms with Gasteiger partial charge in [0.2, 0.25) is 0 Å². The maximum atomic E-state index is 13.8. The number of hydrogen-bond acceptors (Lipinski definition) is 12. The van der Waals surface area contributed by atoms with Crippen molar-refractivity contribution in [3.05, 3.63) is 206 Å². The molecular weight excluding hydrogens is 865 g/mol. The summed E-state index contributed by atoms with van der Waals surface area (Å²) >= 11 is 0. The van der Waals surface area contributed by atoms with Crippen LogP contribution in [0.4, 0.5) is 0 Å². The van der Waals surface area contributed by atoms with Crippen molar-refractivity contribution in [2.75, 3.05) is 0 Å². The summed E-state index contributed by atoms with van der Waals surface area (Å²) in [5.74, 6) is -5.60. The van der Waals surface area contributed by atoms with E-state index in [0.29, 0.717) is 78.1 Å². The van der Waals surface area contributed by atoms with Crippen LogP contribution in [-0.2, 0) is 4.79 Å². The molecule has 0 aromatic heterocycles. The van der Waals surface area contributed by atoms with Crippen molar-refractivity contribution in [3.63, 3.8) is 0 Å². The van der Waals surface area contributed by atoms with Gasteiger partial charge in [0.15, 0.2) is 5.78 Å². The smallest absolute Gasteiger partial charge is 0.182 e. The van der Waals surface area contributed by atoms with Crippen LogP contribution in [0.2, 0.25) is 0 Å². The molecule has 2 aliphatic heterocycles. The van der Waals surface area contributed by atoms with Gasteiger partial charge in [-0.1, -0.05) is 48.5 Å². The number of aromatic hydroxyl groups is 8. The van der Waals surface area contributed by atoms with Crippen molar-refractivity contribution in [1.29, 1.82) is 0 Å². The van der Waals surface area contributed by atoms with Gasteiger partial charge in [-0.2, -0.15) is 0 Å². The van der Waals surface area contributed by atoms with Crippen molar-refractivity contribution >= 4 is 11.4 Å². The Labute approximate surface area is 386 Å². The predicted molar refractivity (Wildman–Crippen MR) is 247 cm³/mol. The number of phenolic OH excluding ortho intramolecular Hbond substituents is 8. The lowest BCUT2D eigenvalue weighted by atomic mass is 9.59. The van der Waals surface area contributed by atoms with E-state index in [1.54, 1.807) is 66.7 Å². The number of phenols is 8. The molecule has 0 saturated carbocycles. The summed E-state index contributed by atoms with van der Waals surface area (Å²) in [6.07, 6.45) is 0.918. The van der Waals surface area contributed by atoms with Crippen LogP contribution in [0.15, 0.2) is 150 Å². The minimum Gasteiger partial charge on any atom is -0.508 e. The molecule has 7 unspecified atom stereocenters. The Morgan fingerprint density at radius 3 is 1.49 bits per heavy atom. The van der Waals surface area contributed by atoms with E-state index >= 15 is 0 Å².